The standard InChI is InChI=1S/C20H17F2N7O2/c1-10(28-7-5-11-4-6-24-9-13(11)28)8-15-25-18-12-2-3-14-17(31-20(21,22)30-14)16(12)26-19(23)29(18)27-15/h2-4,6,9-10H,5,7-8H2,1H3,(H2,23,26). The molecule has 0 aliphatic carbocycles. The summed E-state index contributed by atoms with van der Waals surface area (Å²) in [5.41, 5.74) is 9.04. The molecule has 0 fully saturated rings. The van der Waals surface area contributed by atoms with Gasteiger partial charge < -0.3 is 20.1 Å². The number of aromatic nitrogens is 5. The zero-order valence-corrected chi connectivity index (χ0v) is 16.4. The topological polar surface area (TPSA) is 104 Å². The average molecular weight is 425 g/mol. The number of benzene rings is 1. The van der Waals surface area contributed by atoms with E-state index in [9.17, 15) is 8.78 Å². The predicted molar refractivity (Wildman–Crippen MR) is 107 cm³/mol. The van der Waals surface area contributed by atoms with Crippen molar-refractivity contribution in [2.45, 2.75) is 32.1 Å². The fourth-order valence-electron chi connectivity index (χ4n) is 4.31. The molecule has 2 aliphatic heterocycles. The van der Waals surface area contributed by atoms with Crippen LogP contribution in [0.4, 0.5) is 20.4 Å². The van der Waals surface area contributed by atoms with Crippen molar-refractivity contribution >= 4 is 28.2 Å². The Kier molecular flexibility index (Phi) is 3.57. The Morgan fingerprint density at radius 2 is 2.10 bits per heavy atom. The van der Waals surface area contributed by atoms with Gasteiger partial charge in [0.05, 0.1) is 11.9 Å². The lowest BCUT2D eigenvalue weighted by Gasteiger charge is -2.26. The number of fused-ring (bicyclic) bond motifs is 6. The Morgan fingerprint density at radius 1 is 1.23 bits per heavy atom. The number of ether oxygens (including phenoxy) is 2. The molecule has 5 heterocycles. The van der Waals surface area contributed by atoms with Crippen molar-refractivity contribution in [1.29, 1.82) is 0 Å². The molecule has 158 valence electrons. The first-order chi connectivity index (χ1) is 14.9. The van der Waals surface area contributed by atoms with Crippen LogP contribution in [0.2, 0.25) is 0 Å². The Balaban J connectivity index is 1.38. The van der Waals surface area contributed by atoms with E-state index in [0.717, 1.165) is 18.7 Å². The molecule has 2 N–H and O–H groups in total. The van der Waals surface area contributed by atoms with Gasteiger partial charge in [0, 0.05) is 30.6 Å². The van der Waals surface area contributed by atoms with E-state index < -0.39 is 6.29 Å². The molecule has 2 aliphatic rings. The van der Waals surface area contributed by atoms with Crippen molar-refractivity contribution in [2.24, 2.45) is 0 Å². The average Bonchev–Trinajstić information content (AvgIpc) is 3.42. The normalized spacial score (nSPS) is 17.5. The SMILES string of the molecule is CC(Cc1nc2c3ccc4c(c3nc(N)n2n1)OC(F)(F)O4)N1CCc2ccncc21. The summed E-state index contributed by atoms with van der Waals surface area (Å²) in [5, 5.41) is 5.00. The third-order valence-electron chi connectivity index (χ3n) is 5.71. The van der Waals surface area contributed by atoms with Crippen molar-refractivity contribution < 1.29 is 18.3 Å². The number of hydrogen-bond acceptors (Lipinski definition) is 8. The fourth-order valence-corrected chi connectivity index (χ4v) is 4.31. The molecule has 0 bridgehead atoms. The van der Waals surface area contributed by atoms with E-state index in [1.165, 1.54) is 16.1 Å². The van der Waals surface area contributed by atoms with Crippen LogP contribution in [-0.4, -0.2) is 43.4 Å². The highest BCUT2D eigenvalue weighted by molar-refractivity contribution is 5.97. The minimum absolute atomic E-state index is 0.0248. The monoisotopic (exact) mass is 425 g/mol. The molecular weight excluding hydrogens is 408 g/mol. The van der Waals surface area contributed by atoms with Crippen LogP contribution < -0.4 is 20.1 Å². The quantitative estimate of drug-likeness (QED) is 0.534. The molecular formula is C20H17F2N7O2. The van der Waals surface area contributed by atoms with Crippen molar-refractivity contribution in [3.05, 3.63) is 42.0 Å². The van der Waals surface area contributed by atoms with Gasteiger partial charge in [-0.25, -0.2) is 9.97 Å². The highest BCUT2D eigenvalue weighted by Crippen LogP contribution is 2.45. The first kappa shape index (κ1) is 18.0. The number of halogens is 2. The third-order valence-corrected chi connectivity index (χ3v) is 5.71. The largest absolute Gasteiger partial charge is 0.586 e. The first-order valence-electron chi connectivity index (χ1n) is 9.83. The number of nitrogens with zero attached hydrogens (tertiary/aromatic N) is 6. The lowest BCUT2D eigenvalue weighted by atomic mass is 10.2. The zero-order chi connectivity index (χ0) is 21.3. The van der Waals surface area contributed by atoms with Gasteiger partial charge in [0.15, 0.2) is 23.0 Å². The smallest absolute Gasteiger partial charge is 0.395 e. The summed E-state index contributed by atoms with van der Waals surface area (Å²) < 4.78 is 37.6. The number of rotatable bonds is 3. The van der Waals surface area contributed by atoms with Gasteiger partial charge in [-0.05, 0) is 37.1 Å². The summed E-state index contributed by atoms with van der Waals surface area (Å²) in [7, 11) is 0. The Bertz CT molecular complexity index is 1360. The maximum Gasteiger partial charge on any atom is 0.586 e. The van der Waals surface area contributed by atoms with E-state index in [0.29, 0.717) is 23.3 Å². The van der Waals surface area contributed by atoms with Gasteiger partial charge in [0.25, 0.3) is 0 Å². The third kappa shape index (κ3) is 2.72. The van der Waals surface area contributed by atoms with E-state index in [4.69, 9.17) is 5.73 Å². The van der Waals surface area contributed by atoms with Crippen LogP contribution in [0.5, 0.6) is 11.5 Å². The van der Waals surface area contributed by atoms with Gasteiger partial charge >= 0.3 is 6.29 Å². The number of nitrogens with two attached hydrogens (primary N) is 1. The highest BCUT2D eigenvalue weighted by atomic mass is 19.3. The second-order valence-corrected chi connectivity index (χ2v) is 7.69. The van der Waals surface area contributed by atoms with Gasteiger partial charge in [-0.1, -0.05) is 0 Å². The van der Waals surface area contributed by atoms with E-state index in [2.05, 4.69) is 41.3 Å². The minimum Gasteiger partial charge on any atom is -0.395 e. The van der Waals surface area contributed by atoms with Crippen molar-refractivity contribution in [1.82, 2.24) is 24.6 Å². The van der Waals surface area contributed by atoms with Gasteiger partial charge in [-0.15, -0.1) is 13.9 Å². The zero-order valence-electron chi connectivity index (χ0n) is 16.4. The van der Waals surface area contributed by atoms with Crippen molar-refractivity contribution in [3.63, 3.8) is 0 Å². The fraction of sp³-hybridized carbons (Fsp3) is 0.300. The number of anilines is 2. The van der Waals surface area contributed by atoms with Crippen LogP contribution >= 0.6 is 0 Å². The first-order valence-corrected chi connectivity index (χ1v) is 9.83. The highest BCUT2D eigenvalue weighted by Gasteiger charge is 2.45. The van der Waals surface area contributed by atoms with Crippen LogP contribution in [0.1, 0.15) is 18.3 Å². The summed E-state index contributed by atoms with van der Waals surface area (Å²) in [6.07, 6.45) is 1.48. The molecule has 0 saturated carbocycles. The van der Waals surface area contributed by atoms with Crippen LogP contribution in [0, 0.1) is 0 Å². The van der Waals surface area contributed by atoms with Crippen LogP contribution in [0.25, 0.3) is 16.6 Å². The molecule has 6 rings (SSSR count). The van der Waals surface area contributed by atoms with Crippen LogP contribution in [0.15, 0.2) is 30.6 Å². The van der Waals surface area contributed by atoms with E-state index in [1.807, 2.05) is 12.3 Å². The van der Waals surface area contributed by atoms with Crippen LogP contribution in [-0.2, 0) is 12.8 Å². The summed E-state index contributed by atoms with van der Waals surface area (Å²) in [6.45, 7) is 3.01. The van der Waals surface area contributed by atoms with Crippen molar-refractivity contribution in [2.75, 3.05) is 17.2 Å². The lowest BCUT2D eigenvalue weighted by Crippen LogP contribution is -2.33. The number of pyridine rings is 1. The van der Waals surface area contributed by atoms with Gasteiger partial charge in [-0.2, -0.15) is 4.52 Å². The predicted octanol–water partition coefficient (Wildman–Crippen LogP) is 2.57. The second-order valence-electron chi connectivity index (χ2n) is 7.69. The lowest BCUT2D eigenvalue weighted by molar-refractivity contribution is -0.286. The summed E-state index contributed by atoms with van der Waals surface area (Å²) in [6, 6.07) is 5.17. The minimum atomic E-state index is -3.74. The Morgan fingerprint density at radius 3 is 2.97 bits per heavy atom. The van der Waals surface area contributed by atoms with E-state index >= 15 is 0 Å². The molecule has 3 aromatic heterocycles. The second kappa shape index (κ2) is 6.13. The number of nitrogen functional groups attached to an aromatic ring is 1. The van der Waals surface area contributed by atoms with E-state index in [1.54, 1.807) is 12.3 Å². The van der Waals surface area contributed by atoms with E-state index in [-0.39, 0.29) is 29.0 Å². The molecule has 1 unspecified atom stereocenters. The summed E-state index contributed by atoms with van der Waals surface area (Å²) in [5.74, 6) is 0.352. The van der Waals surface area contributed by atoms with Gasteiger partial charge in [-0.3, -0.25) is 4.98 Å². The molecule has 11 heteroatoms. The summed E-state index contributed by atoms with van der Waals surface area (Å²) >= 11 is 0. The maximum absolute atomic E-state index is 13.5. The molecule has 31 heavy (non-hydrogen) atoms. The molecule has 0 saturated heterocycles. The Hall–Kier alpha value is -3.76. The number of alkyl halides is 2. The molecule has 1 aromatic carbocycles. The van der Waals surface area contributed by atoms with Gasteiger partial charge in [0.2, 0.25) is 5.95 Å². The molecule has 0 radical (unpaired) electrons. The number of hydrogen-bond donors (Lipinski definition) is 1. The molecule has 4 aromatic rings. The Labute approximate surface area is 174 Å². The molecule has 1 atom stereocenters. The van der Waals surface area contributed by atoms with Crippen LogP contribution in [0.3, 0.4) is 0 Å². The molecule has 9 nitrogen and oxygen atoms in total. The molecule has 0 amide bonds. The maximum atomic E-state index is 13.5. The summed E-state index contributed by atoms with van der Waals surface area (Å²) in [4.78, 5) is 15.4. The van der Waals surface area contributed by atoms with Crippen molar-refractivity contribution in [3.8, 4) is 11.5 Å². The molecule has 0 spiro atoms. The van der Waals surface area contributed by atoms with Gasteiger partial charge in [0.1, 0.15) is 5.52 Å².